The van der Waals surface area contributed by atoms with E-state index < -0.39 is 0 Å². The van der Waals surface area contributed by atoms with E-state index in [1.54, 1.807) is 13.2 Å². The lowest BCUT2D eigenvalue weighted by molar-refractivity contribution is 0.0660. The van der Waals surface area contributed by atoms with Gasteiger partial charge in [0, 0.05) is 17.0 Å². The average molecular weight is 344 g/mol. The molecule has 0 bridgehead atoms. The van der Waals surface area contributed by atoms with Gasteiger partial charge in [-0.25, -0.2) is 0 Å². The maximum atomic E-state index is 12.4. The first-order valence-corrected chi connectivity index (χ1v) is 8.86. The summed E-state index contributed by atoms with van der Waals surface area (Å²) in [7, 11) is 1.63. The van der Waals surface area contributed by atoms with E-state index in [4.69, 9.17) is 9.47 Å². The van der Waals surface area contributed by atoms with Crippen molar-refractivity contribution >= 4 is 10.8 Å². The van der Waals surface area contributed by atoms with Crippen LogP contribution in [0.5, 0.6) is 5.75 Å². The fourth-order valence-electron chi connectivity index (χ4n) is 4.04. The van der Waals surface area contributed by atoms with Crippen LogP contribution in [0.3, 0.4) is 0 Å². The Morgan fingerprint density at radius 2 is 2.04 bits per heavy atom. The van der Waals surface area contributed by atoms with E-state index in [0.29, 0.717) is 24.5 Å². The van der Waals surface area contributed by atoms with Gasteiger partial charge in [0.05, 0.1) is 32.5 Å². The summed E-state index contributed by atoms with van der Waals surface area (Å²) in [5, 5.41) is 11.6. The predicted octanol–water partition coefficient (Wildman–Crippen LogP) is 1.48. The summed E-state index contributed by atoms with van der Waals surface area (Å²) in [6, 6.07) is 7.72. The van der Waals surface area contributed by atoms with Gasteiger partial charge < -0.3 is 19.6 Å². The lowest BCUT2D eigenvalue weighted by Gasteiger charge is -2.36. The summed E-state index contributed by atoms with van der Waals surface area (Å²) in [6.45, 7) is 2.87. The minimum absolute atomic E-state index is 0.0443. The van der Waals surface area contributed by atoms with Gasteiger partial charge >= 0.3 is 0 Å². The molecule has 0 radical (unpaired) electrons. The number of piperidine rings is 1. The maximum Gasteiger partial charge on any atom is 0.256 e. The van der Waals surface area contributed by atoms with Crippen LogP contribution in [0.4, 0.5) is 0 Å². The summed E-state index contributed by atoms with van der Waals surface area (Å²) in [5.41, 5.74) is 0.950. The smallest absolute Gasteiger partial charge is 0.256 e. The van der Waals surface area contributed by atoms with Gasteiger partial charge in [-0.3, -0.25) is 9.69 Å². The number of aliphatic hydroxyl groups excluding tert-OH is 1. The molecule has 1 aromatic carbocycles. The third kappa shape index (κ3) is 3.17. The zero-order valence-electron chi connectivity index (χ0n) is 14.4. The molecule has 2 saturated heterocycles. The van der Waals surface area contributed by atoms with Crippen molar-refractivity contribution < 1.29 is 14.6 Å². The van der Waals surface area contributed by atoms with Crippen molar-refractivity contribution in [2.45, 2.75) is 30.9 Å². The van der Waals surface area contributed by atoms with E-state index in [1.165, 1.54) is 0 Å². The number of aromatic amines is 1. The van der Waals surface area contributed by atoms with Crippen LogP contribution < -0.4 is 10.3 Å². The quantitative estimate of drug-likeness (QED) is 0.882. The summed E-state index contributed by atoms with van der Waals surface area (Å²) in [6.07, 6.45) is 1.55. The molecule has 4 rings (SSSR count). The fourth-order valence-corrected chi connectivity index (χ4v) is 4.04. The van der Waals surface area contributed by atoms with Crippen LogP contribution in [0.1, 0.15) is 24.5 Å². The number of methoxy groups -OCH3 is 1. The molecule has 134 valence electrons. The van der Waals surface area contributed by atoms with Crippen molar-refractivity contribution in [3.8, 4) is 5.75 Å². The van der Waals surface area contributed by atoms with E-state index >= 15 is 0 Å². The lowest BCUT2D eigenvalue weighted by atomic mass is 9.91. The highest BCUT2D eigenvalue weighted by atomic mass is 16.5. The molecule has 25 heavy (non-hydrogen) atoms. The van der Waals surface area contributed by atoms with Crippen molar-refractivity contribution in [1.82, 2.24) is 9.88 Å². The number of nitrogens with one attached hydrogen (secondary N) is 1. The largest absolute Gasteiger partial charge is 0.497 e. The Bertz CT molecular complexity index is 811. The number of aliphatic hydroxyl groups is 1. The topological polar surface area (TPSA) is 74.8 Å². The SMILES string of the molecule is COc1ccc2c(=O)[nH]c(C3CCN([C@@H]4COC[C@H]4O)CC3)cc2c1. The molecular weight excluding hydrogens is 320 g/mol. The molecule has 3 heterocycles. The molecule has 6 heteroatoms. The Morgan fingerprint density at radius 1 is 1.24 bits per heavy atom. The highest BCUT2D eigenvalue weighted by Crippen LogP contribution is 2.30. The Morgan fingerprint density at radius 3 is 2.72 bits per heavy atom. The number of nitrogens with zero attached hydrogens (tertiary/aromatic N) is 1. The van der Waals surface area contributed by atoms with Gasteiger partial charge in [0.15, 0.2) is 0 Å². The molecule has 1 aromatic heterocycles. The molecule has 0 unspecified atom stereocenters. The van der Waals surface area contributed by atoms with Gasteiger partial charge in [-0.15, -0.1) is 0 Å². The molecule has 0 saturated carbocycles. The van der Waals surface area contributed by atoms with Crippen LogP contribution in [0, 0.1) is 0 Å². The Hall–Kier alpha value is -1.89. The normalized spacial score (nSPS) is 25.5. The van der Waals surface area contributed by atoms with Crippen molar-refractivity contribution in [3.63, 3.8) is 0 Å². The van der Waals surface area contributed by atoms with E-state index in [9.17, 15) is 9.90 Å². The van der Waals surface area contributed by atoms with Crippen LogP contribution >= 0.6 is 0 Å². The third-order valence-corrected chi connectivity index (χ3v) is 5.53. The standard InChI is InChI=1S/C19H24N2O4/c1-24-14-2-3-15-13(8-14)9-16(20-19(15)23)12-4-6-21(7-5-12)17-10-25-11-18(17)22/h2-3,8-9,12,17-18,22H,4-7,10-11H2,1H3,(H,20,23)/t17-,18-/m1/s1. The lowest BCUT2D eigenvalue weighted by Crippen LogP contribution is -2.46. The molecule has 2 aromatic rings. The van der Waals surface area contributed by atoms with Gasteiger partial charge in [-0.1, -0.05) is 0 Å². The van der Waals surface area contributed by atoms with Crippen LogP contribution in [-0.4, -0.2) is 60.5 Å². The number of fused-ring (bicyclic) bond motifs is 1. The zero-order valence-corrected chi connectivity index (χ0v) is 14.4. The fraction of sp³-hybridized carbons (Fsp3) is 0.526. The van der Waals surface area contributed by atoms with Crippen molar-refractivity contribution in [1.29, 1.82) is 0 Å². The highest BCUT2D eigenvalue weighted by molar-refractivity contribution is 5.83. The average Bonchev–Trinajstić information content (AvgIpc) is 3.07. The van der Waals surface area contributed by atoms with E-state index in [-0.39, 0.29) is 17.7 Å². The molecule has 0 aliphatic carbocycles. The Labute approximate surface area is 146 Å². The maximum absolute atomic E-state index is 12.4. The first-order valence-electron chi connectivity index (χ1n) is 8.86. The molecule has 2 atom stereocenters. The number of H-pyrrole nitrogens is 1. The van der Waals surface area contributed by atoms with Gasteiger partial charge in [-0.2, -0.15) is 0 Å². The number of hydrogen-bond acceptors (Lipinski definition) is 5. The van der Waals surface area contributed by atoms with Gasteiger partial charge in [0.2, 0.25) is 0 Å². The predicted molar refractivity (Wildman–Crippen MR) is 95.3 cm³/mol. The van der Waals surface area contributed by atoms with E-state index in [2.05, 4.69) is 16.0 Å². The van der Waals surface area contributed by atoms with Crippen LogP contribution in [0.25, 0.3) is 10.8 Å². The number of likely N-dealkylation sites (tertiary alicyclic amines) is 1. The molecule has 6 nitrogen and oxygen atoms in total. The van der Waals surface area contributed by atoms with E-state index in [1.807, 2.05) is 12.1 Å². The number of pyridine rings is 1. The molecular formula is C19H24N2O4. The first-order chi connectivity index (χ1) is 12.2. The number of aromatic nitrogens is 1. The molecule has 2 aliphatic heterocycles. The molecule has 2 fully saturated rings. The first kappa shape index (κ1) is 16.6. The molecule has 2 N–H and O–H groups in total. The second kappa shape index (κ2) is 6.78. The van der Waals surface area contributed by atoms with Crippen LogP contribution in [0.15, 0.2) is 29.1 Å². The Balaban J connectivity index is 1.53. The zero-order chi connectivity index (χ0) is 17.4. The van der Waals surface area contributed by atoms with E-state index in [0.717, 1.165) is 42.8 Å². The molecule has 0 amide bonds. The van der Waals surface area contributed by atoms with Crippen LogP contribution in [-0.2, 0) is 4.74 Å². The number of rotatable bonds is 3. The summed E-state index contributed by atoms with van der Waals surface area (Å²) in [5.74, 6) is 1.09. The summed E-state index contributed by atoms with van der Waals surface area (Å²) < 4.78 is 10.6. The molecule has 0 spiro atoms. The van der Waals surface area contributed by atoms with Gasteiger partial charge in [0.25, 0.3) is 5.56 Å². The minimum atomic E-state index is -0.385. The monoisotopic (exact) mass is 344 g/mol. The van der Waals surface area contributed by atoms with Crippen molar-refractivity contribution in [3.05, 3.63) is 40.3 Å². The second-order valence-electron chi connectivity index (χ2n) is 6.99. The Kier molecular flexibility index (Phi) is 4.50. The van der Waals surface area contributed by atoms with Crippen molar-refractivity contribution in [2.24, 2.45) is 0 Å². The summed E-state index contributed by atoms with van der Waals surface area (Å²) >= 11 is 0. The highest BCUT2D eigenvalue weighted by Gasteiger charge is 2.34. The number of hydrogen-bond donors (Lipinski definition) is 2. The van der Waals surface area contributed by atoms with Gasteiger partial charge in [-0.05, 0) is 55.6 Å². The molecule has 2 aliphatic rings. The van der Waals surface area contributed by atoms with Crippen LogP contribution in [0.2, 0.25) is 0 Å². The van der Waals surface area contributed by atoms with Crippen molar-refractivity contribution in [2.75, 3.05) is 33.4 Å². The minimum Gasteiger partial charge on any atom is -0.497 e. The number of ether oxygens (including phenoxy) is 2. The second-order valence-corrected chi connectivity index (χ2v) is 6.99. The summed E-state index contributed by atoms with van der Waals surface area (Å²) in [4.78, 5) is 17.8. The number of benzene rings is 1. The third-order valence-electron chi connectivity index (χ3n) is 5.53. The van der Waals surface area contributed by atoms with Gasteiger partial charge in [0.1, 0.15) is 5.75 Å².